The van der Waals surface area contributed by atoms with Crippen LogP contribution in [0.2, 0.25) is 0 Å². The van der Waals surface area contributed by atoms with E-state index in [0.717, 1.165) is 12.0 Å². The van der Waals surface area contributed by atoms with E-state index in [4.69, 9.17) is 0 Å². The number of halogens is 6. The van der Waals surface area contributed by atoms with Gasteiger partial charge >= 0.3 is 12.4 Å². The van der Waals surface area contributed by atoms with Crippen LogP contribution in [0.3, 0.4) is 0 Å². The fourth-order valence-electron chi connectivity index (χ4n) is 2.01. The van der Waals surface area contributed by atoms with Crippen molar-refractivity contribution in [3.05, 3.63) is 47.3 Å². The molecule has 0 bridgehead atoms. The van der Waals surface area contributed by atoms with Crippen LogP contribution in [0.4, 0.5) is 26.3 Å². The van der Waals surface area contributed by atoms with Gasteiger partial charge in [0.05, 0.1) is 11.1 Å². The van der Waals surface area contributed by atoms with Crippen molar-refractivity contribution < 1.29 is 26.3 Å². The molecule has 0 saturated carbocycles. The maximum Gasteiger partial charge on any atom is 0.416 e. The van der Waals surface area contributed by atoms with Crippen molar-refractivity contribution in [3.63, 3.8) is 0 Å². The molecule has 0 unspecified atom stereocenters. The van der Waals surface area contributed by atoms with Gasteiger partial charge in [-0.1, -0.05) is 13.3 Å². The van der Waals surface area contributed by atoms with Crippen LogP contribution in [0.5, 0.6) is 0 Å². The second-order valence-electron chi connectivity index (χ2n) is 4.96. The summed E-state index contributed by atoms with van der Waals surface area (Å²) in [4.78, 5) is 7.74. The predicted octanol–water partition coefficient (Wildman–Crippen LogP) is 5.13. The summed E-state index contributed by atoms with van der Waals surface area (Å²) in [6.45, 7) is 1.93. The van der Waals surface area contributed by atoms with Gasteiger partial charge in [0.1, 0.15) is 0 Å². The summed E-state index contributed by atoms with van der Waals surface area (Å²) >= 11 is 0. The third kappa shape index (κ3) is 4.20. The molecule has 2 rings (SSSR count). The van der Waals surface area contributed by atoms with E-state index in [-0.39, 0.29) is 17.5 Å². The SMILES string of the molecule is CCCc1cnc(-c2cc(C(F)(F)F)cc(C(F)(F)F)c2)nc1. The number of benzene rings is 1. The lowest BCUT2D eigenvalue weighted by molar-refractivity contribution is -0.143. The van der Waals surface area contributed by atoms with Crippen molar-refractivity contribution in [2.45, 2.75) is 32.1 Å². The third-order valence-electron chi connectivity index (χ3n) is 3.09. The molecule has 1 aromatic carbocycles. The third-order valence-corrected chi connectivity index (χ3v) is 3.09. The van der Waals surface area contributed by atoms with E-state index in [1.165, 1.54) is 12.4 Å². The van der Waals surface area contributed by atoms with E-state index in [1.54, 1.807) is 0 Å². The highest BCUT2D eigenvalue weighted by atomic mass is 19.4. The first kappa shape index (κ1) is 17.2. The second-order valence-corrected chi connectivity index (χ2v) is 4.96. The van der Waals surface area contributed by atoms with Crippen LogP contribution in [0.25, 0.3) is 11.4 Å². The summed E-state index contributed by atoms with van der Waals surface area (Å²) in [5.41, 5.74) is -2.33. The van der Waals surface area contributed by atoms with Gasteiger partial charge in [-0.05, 0) is 30.2 Å². The van der Waals surface area contributed by atoms with Gasteiger partial charge in [-0.3, -0.25) is 0 Å². The standard InChI is InChI=1S/C15H12F6N2/c1-2-3-9-7-22-13(23-8-9)10-4-11(14(16,17)18)6-12(5-10)15(19,20)21/h4-8H,2-3H2,1H3. The summed E-state index contributed by atoms with van der Waals surface area (Å²) in [6, 6.07) is 1.31. The van der Waals surface area contributed by atoms with Crippen LogP contribution in [-0.4, -0.2) is 9.97 Å². The molecule has 0 amide bonds. The first-order chi connectivity index (χ1) is 10.6. The molecule has 0 aliphatic rings. The summed E-state index contributed by atoms with van der Waals surface area (Å²) < 4.78 is 76.8. The fraction of sp³-hybridized carbons (Fsp3) is 0.333. The molecule has 1 heterocycles. The zero-order valence-electron chi connectivity index (χ0n) is 12.0. The van der Waals surface area contributed by atoms with Crippen LogP contribution < -0.4 is 0 Å². The Bertz CT molecular complexity index is 642. The van der Waals surface area contributed by atoms with Crippen LogP contribution >= 0.6 is 0 Å². The molecule has 0 saturated heterocycles. The van der Waals surface area contributed by atoms with E-state index in [9.17, 15) is 26.3 Å². The summed E-state index contributed by atoms with van der Waals surface area (Å²) in [7, 11) is 0. The number of hydrogen-bond acceptors (Lipinski definition) is 2. The lowest BCUT2D eigenvalue weighted by atomic mass is 10.0. The molecular formula is C15H12F6N2. The fourth-order valence-corrected chi connectivity index (χ4v) is 2.01. The first-order valence-electron chi connectivity index (χ1n) is 6.72. The zero-order chi connectivity index (χ0) is 17.3. The number of aryl methyl sites for hydroxylation is 1. The lowest BCUT2D eigenvalue weighted by Gasteiger charge is -2.13. The summed E-state index contributed by atoms with van der Waals surface area (Å²) in [6.07, 6.45) is -5.48. The van der Waals surface area contributed by atoms with Crippen molar-refractivity contribution in [2.75, 3.05) is 0 Å². The van der Waals surface area contributed by atoms with E-state index >= 15 is 0 Å². The van der Waals surface area contributed by atoms with Crippen molar-refractivity contribution in [3.8, 4) is 11.4 Å². The second kappa shape index (κ2) is 6.17. The minimum atomic E-state index is -4.89. The van der Waals surface area contributed by atoms with Crippen LogP contribution in [0.15, 0.2) is 30.6 Å². The molecule has 0 atom stereocenters. The Morgan fingerprint density at radius 3 is 1.70 bits per heavy atom. The molecule has 8 heteroatoms. The Morgan fingerprint density at radius 1 is 0.826 bits per heavy atom. The first-order valence-corrected chi connectivity index (χ1v) is 6.72. The molecule has 0 radical (unpaired) electrons. The highest BCUT2D eigenvalue weighted by Gasteiger charge is 2.37. The lowest BCUT2D eigenvalue weighted by Crippen LogP contribution is -2.11. The van der Waals surface area contributed by atoms with E-state index in [0.29, 0.717) is 18.6 Å². The maximum absolute atomic E-state index is 12.8. The molecule has 0 spiro atoms. The number of aromatic nitrogens is 2. The van der Waals surface area contributed by atoms with Gasteiger partial charge in [-0.15, -0.1) is 0 Å². The van der Waals surface area contributed by atoms with E-state index < -0.39 is 23.5 Å². The quantitative estimate of drug-likeness (QED) is 0.727. The monoisotopic (exact) mass is 334 g/mol. The van der Waals surface area contributed by atoms with Gasteiger partial charge in [0.25, 0.3) is 0 Å². The highest BCUT2D eigenvalue weighted by molar-refractivity contribution is 5.58. The normalized spacial score (nSPS) is 12.5. The van der Waals surface area contributed by atoms with Gasteiger partial charge in [0, 0.05) is 18.0 Å². The molecule has 1 aromatic heterocycles. The average molecular weight is 334 g/mol. The number of nitrogens with zero attached hydrogens (tertiary/aromatic N) is 2. The summed E-state index contributed by atoms with van der Waals surface area (Å²) in [5.74, 6) is -0.179. The smallest absolute Gasteiger partial charge is 0.236 e. The van der Waals surface area contributed by atoms with E-state index in [2.05, 4.69) is 9.97 Å². The minimum absolute atomic E-state index is 0.0783. The van der Waals surface area contributed by atoms with Crippen molar-refractivity contribution in [2.24, 2.45) is 0 Å². The molecule has 0 aliphatic carbocycles. The highest BCUT2D eigenvalue weighted by Crippen LogP contribution is 2.37. The predicted molar refractivity (Wildman–Crippen MR) is 71.5 cm³/mol. The van der Waals surface area contributed by atoms with Gasteiger partial charge in [-0.2, -0.15) is 26.3 Å². The van der Waals surface area contributed by atoms with Crippen molar-refractivity contribution in [1.29, 1.82) is 0 Å². The molecule has 0 fully saturated rings. The summed E-state index contributed by atoms with van der Waals surface area (Å²) in [5, 5.41) is 0. The van der Waals surface area contributed by atoms with Gasteiger partial charge in [0.15, 0.2) is 5.82 Å². The van der Waals surface area contributed by atoms with Gasteiger partial charge < -0.3 is 0 Å². The van der Waals surface area contributed by atoms with E-state index in [1.807, 2.05) is 6.92 Å². The van der Waals surface area contributed by atoms with Gasteiger partial charge in [0.2, 0.25) is 0 Å². The van der Waals surface area contributed by atoms with Crippen molar-refractivity contribution >= 4 is 0 Å². The Balaban J connectivity index is 2.52. The van der Waals surface area contributed by atoms with Crippen LogP contribution in [0.1, 0.15) is 30.0 Å². The average Bonchev–Trinajstić information content (AvgIpc) is 2.46. The zero-order valence-corrected chi connectivity index (χ0v) is 12.0. The molecular weight excluding hydrogens is 322 g/mol. The molecule has 0 N–H and O–H groups in total. The molecule has 2 nitrogen and oxygen atoms in total. The van der Waals surface area contributed by atoms with Crippen molar-refractivity contribution in [1.82, 2.24) is 9.97 Å². The van der Waals surface area contributed by atoms with Crippen LogP contribution in [0, 0.1) is 0 Å². The number of hydrogen-bond donors (Lipinski definition) is 0. The van der Waals surface area contributed by atoms with Crippen LogP contribution in [-0.2, 0) is 18.8 Å². The Morgan fingerprint density at radius 2 is 1.30 bits per heavy atom. The Hall–Kier alpha value is -2.12. The molecule has 2 aromatic rings. The topological polar surface area (TPSA) is 25.8 Å². The Labute approximate surface area is 128 Å². The maximum atomic E-state index is 12.8. The molecule has 124 valence electrons. The number of alkyl halides is 6. The largest absolute Gasteiger partial charge is 0.416 e. The Kier molecular flexibility index (Phi) is 4.63. The molecule has 0 aliphatic heterocycles. The minimum Gasteiger partial charge on any atom is -0.236 e. The van der Waals surface area contributed by atoms with Gasteiger partial charge in [-0.25, -0.2) is 9.97 Å². The molecule has 23 heavy (non-hydrogen) atoms. The number of rotatable bonds is 3.